The summed E-state index contributed by atoms with van der Waals surface area (Å²) >= 11 is 3.14. The molecule has 0 aliphatic rings. The number of thioether (sulfide) groups is 1. The molecule has 0 atom stereocenters. The topological polar surface area (TPSA) is 46.1 Å². The van der Waals surface area contributed by atoms with Gasteiger partial charge in [-0.05, 0) is 12.5 Å². The Hall–Kier alpha value is -1.66. The molecule has 0 unspecified atom stereocenters. The number of nitrogens with zero attached hydrogens (tertiary/aromatic N) is 3. The van der Waals surface area contributed by atoms with E-state index in [2.05, 4.69) is 36.1 Å². The number of amides is 1. The molecule has 2 aromatic heterocycles. The fourth-order valence-electron chi connectivity index (χ4n) is 1.98. The van der Waals surface area contributed by atoms with E-state index in [-0.39, 0.29) is 5.91 Å². The van der Waals surface area contributed by atoms with Crippen LogP contribution in [0.3, 0.4) is 0 Å². The van der Waals surface area contributed by atoms with Crippen LogP contribution in [0.2, 0.25) is 0 Å². The second-order valence-corrected chi connectivity index (χ2v) is 6.71. The first-order valence-electron chi connectivity index (χ1n) is 7.05. The molecule has 116 valence electrons. The predicted molar refractivity (Wildman–Crippen MR) is 94.5 cm³/mol. The number of rotatable bonds is 8. The number of thiophene rings is 1. The maximum atomic E-state index is 12.3. The van der Waals surface area contributed by atoms with Gasteiger partial charge in [-0.25, -0.2) is 9.97 Å². The van der Waals surface area contributed by atoms with E-state index in [4.69, 9.17) is 0 Å². The van der Waals surface area contributed by atoms with E-state index in [0.717, 1.165) is 21.7 Å². The summed E-state index contributed by atoms with van der Waals surface area (Å²) in [7, 11) is 0. The summed E-state index contributed by atoms with van der Waals surface area (Å²) < 4.78 is 0. The van der Waals surface area contributed by atoms with Gasteiger partial charge in [0.25, 0.3) is 0 Å². The molecular formula is C16H19N3OS2. The molecule has 2 rings (SSSR count). The van der Waals surface area contributed by atoms with Crippen molar-refractivity contribution >= 4 is 39.2 Å². The minimum Gasteiger partial charge on any atom is -0.335 e. The zero-order valence-electron chi connectivity index (χ0n) is 12.6. The van der Waals surface area contributed by atoms with Crippen LogP contribution < -0.4 is 0 Å². The summed E-state index contributed by atoms with van der Waals surface area (Å²) in [5.41, 5.74) is 0. The Morgan fingerprint density at radius 2 is 2.09 bits per heavy atom. The fraction of sp³-hybridized carbons (Fsp3) is 0.312. The van der Waals surface area contributed by atoms with E-state index in [1.807, 2.05) is 0 Å². The molecule has 2 aromatic rings. The molecule has 6 heteroatoms. The van der Waals surface area contributed by atoms with Crippen molar-refractivity contribution < 1.29 is 4.79 Å². The Morgan fingerprint density at radius 1 is 1.36 bits per heavy atom. The van der Waals surface area contributed by atoms with Gasteiger partial charge in [0.05, 0.1) is 5.75 Å². The largest absolute Gasteiger partial charge is 0.335 e. The first-order valence-corrected chi connectivity index (χ1v) is 8.85. The number of aromatic nitrogens is 2. The van der Waals surface area contributed by atoms with Crippen LogP contribution in [0.5, 0.6) is 0 Å². The van der Waals surface area contributed by atoms with Gasteiger partial charge >= 0.3 is 0 Å². The molecule has 0 saturated heterocycles. The molecule has 0 spiro atoms. The van der Waals surface area contributed by atoms with Gasteiger partial charge in [-0.15, -0.1) is 24.5 Å². The summed E-state index contributed by atoms with van der Waals surface area (Å²) in [6.07, 6.45) is 6.00. The lowest BCUT2D eigenvalue weighted by Crippen LogP contribution is -2.32. The average Bonchev–Trinajstić information content (AvgIpc) is 2.96. The molecule has 0 aliphatic heterocycles. The van der Waals surface area contributed by atoms with Crippen LogP contribution in [0, 0.1) is 0 Å². The van der Waals surface area contributed by atoms with Gasteiger partial charge in [-0.2, -0.15) is 0 Å². The highest BCUT2D eigenvalue weighted by Crippen LogP contribution is 2.30. The van der Waals surface area contributed by atoms with Crippen LogP contribution >= 0.6 is 23.1 Å². The number of hydrogen-bond donors (Lipinski definition) is 0. The lowest BCUT2D eigenvalue weighted by molar-refractivity contribution is -0.127. The highest BCUT2D eigenvalue weighted by molar-refractivity contribution is 8.00. The van der Waals surface area contributed by atoms with Crippen molar-refractivity contribution in [1.82, 2.24) is 14.9 Å². The molecule has 0 fully saturated rings. The standard InChI is InChI=1S/C16H19N3OS2/c1-4-7-19(8-5-2)14(20)10-21-15-13-9-12(6-3)22-16(13)18-11-17-15/h4-5,9,11H,1-2,6-8,10H2,3H3. The molecule has 4 nitrogen and oxygen atoms in total. The maximum absolute atomic E-state index is 12.3. The molecule has 22 heavy (non-hydrogen) atoms. The highest BCUT2D eigenvalue weighted by atomic mass is 32.2. The Kier molecular flexibility index (Phi) is 6.15. The zero-order chi connectivity index (χ0) is 15.9. The van der Waals surface area contributed by atoms with Crippen LogP contribution in [0.15, 0.2) is 42.7 Å². The SMILES string of the molecule is C=CCN(CC=C)C(=O)CSc1ncnc2sc(CC)cc12. The number of carbonyl (C=O) groups excluding carboxylic acids is 1. The quantitative estimate of drug-likeness (QED) is 0.421. The van der Waals surface area contributed by atoms with Crippen molar-refractivity contribution in [3.8, 4) is 0 Å². The Balaban J connectivity index is 2.10. The van der Waals surface area contributed by atoms with E-state index >= 15 is 0 Å². The van der Waals surface area contributed by atoms with Gasteiger partial charge in [0.1, 0.15) is 16.2 Å². The van der Waals surface area contributed by atoms with E-state index in [0.29, 0.717) is 18.8 Å². The Labute approximate surface area is 139 Å². The smallest absolute Gasteiger partial charge is 0.233 e. The molecule has 0 bridgehead atoms. The van der Waals surface area contributed by atoms with Crippen LogP contribution in [0.1, 0.15) is 11.8 Å². The second-order valence-electron chi connectivity index (χ2n) is 4.63. The molecule has 0 radical (unpaired) electrons. The predicted octanol–water partition coefficient (Wildman–Crippen LogP) is 3.55. The van der Waals surface area contributed by atoms with Crippen LogP contribution in [0.25, 0.3) is 10.2 Å². The fourth-order valence-corrected chi connectivity index (χ4v) is 3.86. The van der Waals surface area contributed by atoms with Crippen molar-refractivity contribution in [2.75, 3.05) is 18.8 Å². The lowest BCUT2D eigenvalue weighted by atomic mass is 10.3. The van der Waals surface area contributed by atoms with Gasteiger partial charge < -0.3 is 4.90 Å². The zero-order valence-corrected chi connectivity index (χ0v) is 14.3. The van der Waals surface area contributed by atoms with E-state index in [1.54, 1.807) is 34.7 Å². The van der Waals surface area contributed by atoms with Gasteiger partial charge in [-0.3, -0.25) is 4.79 Å². The summed E-state index contributed by atoms with van der Waals surface area (Å²) in [5, 5.41) is 1.91. The molecule has 0 aliphatic carbocycles. The average molecular weight is 333 g/mol. The summed E-state index contributed by atoms with van der Waals surface area (Å²) in [4.78, 5) is 24.9. The number of carbonyl (C=O) groups is 1. The molecule has 0 aromatic carbocycles. The van der Waals surface area contributed by atoms with E-state index in [9.17, 15) is 4.79 Å². The third-order valence-electron chi connectivity index (χ3n) is 3.08. The minimum absolute atomic E-state index is 0.0579. The second kappa shape index (κ2) is 8.10. The summed E-state index contributed by atoms with van der Waals surface area (Å²) in [6.45, 7) is 10.5. The Morgan fingerprint density at radius 3 is 2.73 bits per heavy atom. The van der Waals surface area contributed by atoms with Crippen molar-refractivity contribution in [2.45, 2.75) is 18.4 Å². The number of fused-ring (bicyclic) bond motifs is 1. The third kappa shape index (κ3) is 3.96. The molecule has 0 N–H and O–H groups in total. The van der Waals surface area contributed by atoms with Crippen molar-refractivity contribution in [1.29, 1.82) is 0 Å². The normalized spacial score (nSPS) is 10.6. The molecule has 1 amide bonds. The van der Waals surface area contributed by atoms with Crippen LogP contribution in [0.4, 0.5) is 0 Å². The van der Waals surface area contributed by atoms with Gasteiger partial charge in [0.2, 0.25) is 5.91 Å². The van der Waals surface area contributed by atoms with Gasteiger partial charge in [0, 0.05) is 23.4 Å². The maximum Gasteiger partial charge on any atom is 0.233 e. The lowest BCUT2D eigenvalue weighted by Gasteiger charge is -2.18. The first-order chi connectivity index (χ1) is 10.7. The van der Waals surface area contributed by atoms with Crippen molar-refractivity contribution in [2.24, 2.45) is 0 Å². The van der Waals surface area contributed by atoms with E-state index in [1.165, 1.54) is 16.6 Å². The van der Waals surface area contributed by atoms with Crippen molar-refractivity contribution in [3.05, 3.63) is 42.6 Å². The first kappa shape index (κ1) is 16.7. The molecular weight excluding hydrogens is 314 g/mol. The molecule has 2 heterocycles. The van der Waals surface area contributed by atoms with Crippen LogP contribution in [-0.2, 0) is 11.2 Å². The van der Waals surface area contributed by atoms with E-state index < -0.39 is 0 Å². The summed E-state index contributed by atoms with van der Waals surface area (Å²) in [6, 6.07) is 2.12. The number of aryl methyl sites for hydroxylation is 1. The molecule has 0 saturated carbocycles. The van der Waals surface area contributed by atoms with Gasteiger partial charge in [0.15, 0.2) is 0 Å². The third-order valence-corrected chi connectivity index (χ3v) is 5.25. The van der Waals surface area contributed by atoms with Crippen molar-refractivity contribution in [3.63, 3.8) is 0 Å². The highest BCUT2D eigenvalue weighted by Gasteiger charge is 2.14. The Bertz CT molecular complexity index is 671. The monoisotopic (exact) mass is 333 g/mol. The number of hydrogen-bond acceptors (Lipinski definition) is 5. The summed E-state index contributed by atoms with van der Waals surface area (Å²) in [5.74, 6) is 0.410. The minimum atomic E-state index is 0.0579. The van der Waals surface area contributed by atoms with Crippen LogP contribution in [-0.4, -0.2) is 39.6 Å². The van der Waals surface area contributed by atoms with Gasteiger partial charge in [-0.1, -0.05) is 30.8 Å².